The van der Waals surface area contributed by atoms with Crippen LogP contribution in [-0.4, -0.2) is 16.2 Å². The molecule has 3 aromatic carbocycles. The molecule has 0 atom stereocenters. The van der Waals surface area contributed by atoms with Gasteiger partial charge in [-0.1, -0.05) is 24.3 Å². The Labute approximate surface area is 121 Å². The maximum atomic E-state index is 10.8. The van der Waals surface area contributed by atoms with Crippen LogP contribution in [-0.2, 0) is 0 Å². The van der Waals surface area contributed by atoms with Gasteiger partial charge in [0.25, 0.3) is 0 Å². The number of aromatic carboxylic acids is 1. The standard InChI is InChI=1S/C17H13NO3/c19-16-10-9-15(13-3-1-2-4-14(13)16)18-12-7-5-11(6-8-12)17(20)21/h1-10,18-19H,(H,20,21). The number of hydrogen-bond acceptors (Lipinski definition) is 3. The number of fused-ring (bicyclic) bond motifs is 1. The lowest BCUT2D eigenvalue weighted by atomic mass is 10.1. The number of aromatic hydroxyl groups is 1. The minimum atomic E-state index is -0.948. The van der Waals surface area contributed by atoms with E-state index in [2.05, 4.69) is 5.32 Å². The molecule has 4 heteroatoms. The molecule has 0 aliphatic heterocycles. The van der Waals surface area contributed by atoms with Crippen LogP contribution in [0.15, 0.2) is 60.7 Å². The second-order valence-electron chi connectivity index (χ2n) is 4.69. The van der Waals surface area contributed by atoms with E-state index in [9.17, 15) is 9.90 Å². The van der Waals surface area contributed by atoms with Crippen molar-refractivity contribution in [3.05, 3.63) is 66.2 Å². The van der Waals surface area contributed by atoms with Crippen molar-refractivity contribution in [1.29, 1.82) is 0 Å². The molecule has 0 amide bonds. The smallest absolute Gasteiger partial charge is 0.335 e. The first-order chi connectivity index (χ1) is 10.1. The third kappa shape index (κ3) is 2.51. The Morgan fingerprint density at radius 2 is 1.52 bits per heavy atom. The molecule has 0 aliphatic rings. The Hall–Kier alpha value is -3.01. The molecule has 0 saturated carbocycles. The van der Waals surface area contributed by atoms with Gasteiger partial charge in [0.05, 0.1) is 5.56 Å². The normalized spacial score (nSPS) is 10.5. The summed E-state index contributed by atoms with van der Waals surface area (Å²) in [4.78, 5) is 10.8. The highest BCUT2D eigenvalue weighted by atomic mass is 16.4. The highest BCUT2D eigenvalue weighted by Crippen LogP contribution is 2.32. The Morgan fingerprint density at radius 3 is 2.19 bits per heavy atom. The van der Waals surface area contributed by atoms with Gasteiger partial charge in [-0.25, -0.2) is 4.79 Å². The molecule has 3 aromatic rings. The molecule has 4 nitrogen and oxygen atoms in total. The van der Waals surface area contributed by atoms with Crippen LogP contribution in [0.3, 0.4) is 0 Å². The van der Waals surface area contributed by atoms with E-state index in [1.807, 2.05) is 24.3 Å². The average molecular weight is 279 g/mol. The van der Waals surface area contributed by atoms with Crippen LogP contribution >= 0.6 is 0 Å². The predicted octanol–water partition coefficient (Wildman–Crippen LogP) is 3.99. The first kappa shape index (κ1) is 13.0. The molecule has 0 aliphatic carbocycles. The molecule has 0 fully saturated rings. The lowest BCUT2D eigenvalue weighted by Gasteiger charge is -2.11. The highest BCUT2D eigenvalue weighted by molar-refractivity contribution is 5.99. The Bertz CT molecular complexity index is 810. The zero-order valence-electron chi connectivity index (χ0n) is 11.1. The van der Waals surface area contributed by atoms with E-state index in [0.717, 1.165) is 22.1 Å². The van der Waals surface area contributed by atoms with E-state index in [4.69, 9.17) is 5.11 Å². The third-order valence-electron chi connectivity index (χ3n) is 3.31. The number of anilines is 2. The average Bonchev–Trinajstić information content (AvgIpc) is 2.51. The van der Waals surface area contributed by atoms with Gasteiger partial charge in [0.1, 0.15) is 5.75 Å². The van der Waals surface area contributed by atoms with E-state index in [1.165, 1.54) is 0 Å². The van der Waals surface area contributed by atoms with Crippen molar-refractivity contribution in [2.45, 2.75) is 0 Å². The number of benzene rings is 3. The molecule has 0 saturated heterocycles. The third-order valence-corrected chi connectivity index (χ3v) is 3.31. The quantitative estimate of drug-likeness (QED) is 0.634. The van der Waals surface area contributed by atoms with Gasteiger partial charge in [-0.3, -0.25) is 0 Å². The molecule has 0 spiro atoms. The fourth-order valence-corrected chi connectivity index (χ4v) is 2.24. The SMILES string of the molecule is O=C(O)c1ccc(Nc2ccc(O)c3ccccc23)cc1. The number of carboxylic acids is 1. The van der Waals surface area contributed by atoms with Gasteiger partial charge in [0.2, 0.25) is 0 Å². The summed E-state index contributed by atoms with van der Waals surface area (Å²) in [6.45, 7) is 0. The Balaban J connectivity index is 1.98. The molecule has 21 heavy (non-hydrogen) atoms. The number of phenolic OH excluding ortho intramolecular Hbond substituents is 1. The summed E-state index contributed by atoms with van der Waals surface area (Å²) in [5.74, 6) is -0.714. The van der Waals surface area contributed by atoms with E-state index in [-0.39, 0.29) is 11.3 Å². The fourth-order valence-electron chi connectivity index (χ4n) is 2.24. The first-order valence-corrected chi connectivity index (χ1v) is 6.46. The second kappa shape index (κ2) is 5.17. The van der Waals surface area contributed by atoms with Gasteiger partial charge in [-0.05, 0) is 36.4 Å². The van der Waals surface area contributed by atoms with Crippen molar-refractivity contribution < 1.29 is 15.0 Å². The van der Waals surface area contributed by atoms with Crippen molar-refractivity contribution >= 4 is 28.1 Å². The van der Waals surface area contributed by atoms with Crippen molar-refractivity contribution in [2.24, 2.45) is 0 Å². The molecule has 3 rings (SSSR count). The van der Waals surface area contributed by atoms with Gasteiger partial charge in [0, 0.05) is 22.1 Å². The van der Waals surface area contributed by atoms with E-state index < -0.39 is 5.97 Å². The van der Waals surface area contributed by atoms with Crippen molar-refractivity contribution in [1.82, 2.24) is 0 Å². The maximum absolute atomic E-state index is 10.8. The van der Waals surface area contributed by atoms with E-state index in [0.29, 0.717) is 0 Å². The summed E-state index contributed by atoms with van der Waals surface area (Å²) in [5, 5.41) is 23.7. The molecule has 104 valence electrons. The van der Waals surface area contributed by atoms with Gasteiger partial charge < -0.3 is 15.5 Å². The van der Waals surface area contributed by atoms with Gasteiger partial charge in [0.15, 0.2) is 0 Å². The van der Waals surface area contributed by atoms with Crippen LogP contribution in [0.25, 0.3) is 10.8 Å². The molecule has 0 aromatic heterocycles. The van der Waals surface area contributed by atoms with E-state index >= 15 is 0 Å². The summed E-state index contributed by atoms with van der Waals surface area (Å²) in [5.41, 5.74) is 1.89. The van der Waals surface area contributed by atoms with Crippen molar-refractivity contribution in [2.75, 3.05) is 5.32 Å². The van der Waals surface area contributed by atoms with Crippen LogP contribution in [0.1, 0.15) is 10.4 Å². The lowest BCUT2D eigenvalue weighted by Crippen LogP contribution is -1.97. The molecule has 0 heterocycles. The van der Waals surface area contributed by atoms with Crippen LogP contribution in [0.4, 0.5) is 11.4 Å². The summed E-state index contributed by atoms with van der Waals surface area (Å²) < 4.78 is 0. The number of carbonyl (C=O) groups is 1. The van der Waals surface area contributed by atoms with E-state index in [1.54, 1.807) is 36.4 Å². The number of hydrogen-bond donors (Lipinski definition) is 3. The summed E-state index contributed by atoms with van der Waals surface area (Å²) in [6, 6.07) is 17.5. The highest BCUT2D eigenvalue weighted by Gasteiger charge is 2.06. The lowest BCUT2D eigenvalue weighted by molar-refractivity contribution is 0.0697. The van der Waals surface area contributed by atoms with Crippen molar-refractivity contribution in [3.8, 4) is 5.75 Å². The number of phenols is 1. The molecule has 0 radical (unpaired) electrons. The maximum Gasteiger partial charge on any atom is 0.335 e. The number of nitrogens with one attached hydrogen (secondary N) is 1. The van der Waals surface area contributed by atoms with Gasteiger partial charge >= 0.3 is 5.97 Å². The molecule has 0 bridgehead atoms. The summed E-state index contributed by atoms with van der Waals surface area (Å²) >= 11 is 0. The van der Waals surface area contributed by atoms with Crippen LogP contribution in [0.5, 0.6) is 5.75 Å². The molecular weight excluding hydrogens is 266 g/mol. The Kier molecular flexibility index (Phi) is 3.20. The first-order valence-electron chi connectivity index (χ1n) is 6.46. The molecular formula is C17H13NO3. The van der Waals surface area contributed by atoms with Gasteiger partial charge in [-0.2, -0.15) is 0 Å². The zero-order valence-corrected chi connectivity index (χ0v) is 11.1. The largest absolute Gasteiger partial charge is 0.507 e. The second-order valence-corrected chi connectivity index (χ2v) is 4.69. The number of rotatable bonds is 3. The monoisotopic (exact) mass is 279 g/mol. The van der Waals surface area contributed by atoms with Crippen molar-refractivity contribution in [3.63, 3.8) is 0 Å². The van der Waals surface area contributed by atoms with Crippen LogP contribution in [0, 0.1) is 0 Å². The minimum Gasteiger partial charge on any atom is -0.507 e. The summed E-state index contributed by atoms with van der Waals surface area (Å²) in [7, 11) is 0. The molecule has 0 unspecified atom stereocenters. The zero-order chi connectivity index (χ0) is 14.8. The summed E-state index contributed by atoms with van der Waals surface area (Å²) in [6.07, 6.45) is 0. The Morgan fingerprint density at radius 1 is 0.857 bits per heavy atom. The van der Waals surface area contributed by atoms with Crippen LogP contribution in [0.2, 0.25) is 0 Å². The number of carboxylic acid groups (broad SMARTS) is 1. The molecule has 3 N–H and O–H groups in total. The topological polar surface area (TPSA) is 69.6 Å². The van der Waals surface area contributed by atoms with Crippen LogP contribution < -0.4 is 5.32 Å². The predicted molar refractivity (Wildman–Crippen MR) is 82.3 cm³/mol. The fraction of sp³-hybridized carbons (Fsp3) is 0. The van der Waals surface area contributed by atoms with Gasteiger partial charge in [-0.15, -0.1) is 0 Å². The minimum absolute atomic E-state index is 0.234.